The molecule has 0 amide bonds. The summed E-state index contributed by atoms with van der Waals surface area (Å²) < 4.78 is 52.1. The van der Waals surface area contributed by atoms with Crippen molar-refractivity contribution >= 4 is 20.0 Å². The molecule has 0 saturated carbocycles. The Morgan fingerprint density at radius 1 is 1.08 bits per heavy atom. The Morgan fingerprint density at radius 2 is 1.71 bits per heavy atom. The fraction of sp³-hybridized carbons (Fsp3) is 0.625. The van der Waals surface area contributed by atoms with Crippen molar-refractivity contribution in [2.45, 2.75) is 44.4 Å². The van der Waals surface area contributed by atoms with Gasteiger partial charge in [-0.3, -0.25) is 0 Å². The van der Waals surface area contributed by atoms with E-state index in [-0.39, 0.29) is 18.3 Å². The van der Waals surface area contributed by atoms with Crippen molar-refractivity contribution in [2.24, 2.45) is 0 Å². The Kier molecular flexibility index (Phi) is 6.41. The van der Waals surface area contributed by atoms with Crippen LogP contribution in [0.25, 0.3) is 0 Å². The van der Waals surface area contributed by atoms with Crippen LogP contribution >= 0.6 is 0 Å². The van der Waals surface area contributed by atoms with Crippen LogP contribution in [-0.4, -0.2) is 46.5 Å². The van der Waals surface area contributed by atoms with Crippen molar-refractivity contribution in [2.75, 3.05) is 19.3 Å². The van der Waals surface area contributed by atoms with E-state index in [0.717, 1.165) is 31.1 Å². The summed E-state index contributed by atoms with van der Waals surface area (Å²) in [4.78, 5) is 0. The van der Waals surface area contributed by atoms with Crippen LogP contribution in [0.3, 0.4) is 0 Å². The minimum Gasteiger partial charge on any atom is -0.214 e. The molecule has 1 aromatic carbocycles. The SMILES string of the molecule is CCc1ccc(CS(=O)(=O)N2CCCCC2CNS(C)(=O)=O)cc1. The highest BCUT2D eigenvalue weighted by Crippen LogP contribution is 2.23. The van der Waals surface area contributed by atoms with E-state index in [1.807, 2.05) is 24.3 Å². The van der Waals surface area contributed by atoms with Crippen LogP contribution in [0.15, 0.2) is 24.3 Å². The second-order valence-electron chi connectivity index (χ2n) is 6.31. The standard InChI is InChI=1S/C16H26N2O4S2/c1-3-14-7-9-15(10-8-14)13-24(21,22)18-11-5-4-6-16(18)12-17-23(2,19)20/h7-10,16-17H,3-6,11-13H2,1-2H3. The third kappa shape index (κ3) is 5.54. The van der Waals surface area contributed by atoms with Crippen molar-refractivity contribution in [1.82, 2.24) is 9.03 Å². The predicted molar refractivity (Wildman–Crippen MR) is 95.6 cm³/mol. The average Bonchev–Trinajstić information content (AvgIpc) is 2.53. The van der Waals surface area contributed by atoms with Gasteiger partial charge in [0.05, 0.1) is 12.0 Å². The lowest BCUT2D eigenvalue weighted by Crippen LogP contribution is -2.49. The van der Waals surface area contributed by atoms with Crippen LogP contribution < -0.4 is 4.72 Å². The van der Waals surface area contributed by atoms with Gasteiger partial charge >= 0.3 is 0 Å². The number of sulfonamides is 2. The van der Waals surface area contributed by atoms with E-state index in [2.05, 4.69) is 11.6 Å². The minimum absolute atomic E-state index is 0.0492. The lowest BCUT2D eigenvalue weighted by molar-refractivity contribution is 0.253. The molecule has 1 N–H and O–H groups in total. The predicted octanol–water partition coefficient (Wildman–Crippen LogP) is 1.48. The molecule has 2 rings (SSSR count). The monoisotopic (exact) mass is 374 g/mol. The maximum absolute atomic E-state index is 12.8. The number of hydrogen-bond acceptors (Lipinski definition) is 4. The van der Waals surface area contributed by atoms with Crippen LogP contribution in [0.5, 0.6) is 0 Å². The molecule has 0 radical (unpaired) electrons. The van der Waals surface area contributed by atoms with Crippen molar-refractivity contribution in [3.63, 3.8) is 0 Å². The van der Waals surface area contributed by atoms with Gasteiger partial charge in [0, 0.05) is 19.1 Å². The first-order chi connectivity index (χ1) is 11.2. The van der Waals surface area contributed by atoms with E-state index in [1.54, 1.807) is 0 Å². The highest BCUT2D eigenvalue weighted by Gasteiger charge is 2.32. The number of nitrogens with one attached hydrogen (secondary N) is 1. The molecule has 136 valence electrons. The highest BCUT2D eigenvalue weighted by molar-refractivity contribution is 7.88. The third-order valence-corrected chi connectivity index (χ3v) is 6.88. The first-order valence-electron chi connectivity index (χ1n) is 8.23. The third-order valence-electron chi connectivity index (χ3n) is 4.29. The van der Waals surface area contributed by atoms with Gasteiger partial charge in [-0.05, 0) is 30.4 Å². The van der Waals surface area contributed by atoms with Crippen molar-refractivity contribution in [3.05, 3.63) is 35.4 Å². The van der Waals surface area contributed by atoms with E-state index >= 15 is 0 Å². The Hall–Kier alpha value is -0.960. The molecule has 24 heavy (non-hydrogen) atoms. The summed E-state index contributed by atoms with van der Waals surface area (Å²) in [6.07, 6.45) is 4.40. The number of rotatable bonds is 7. The molecule has 0 aliphatic carbocycles. The van der Waals surface area contributed by atoms with E-state index in [1.165, 1.54) is 9.87 Å². The molecule has 1 aromatic rings. The molecule has 1 atom stereocenters. The lowest BCUT2D eigenvalue weighted by atomic mass is 10.1. The summed E-state index contributed by atoms with van der Waals surface area (Å²) in [6.45, 7) is 2.64. The minimum atomic E-state index is -3.47. The average molecular weight is 375 g/mol. The molecular weight excluding hydrogens is 348 g/mol. The zero-order valence-corrected chi connectivity index (χ0v) is 15.9. The van der Waals surface area contributed by atoms with Gasteiger partial charge < -0.3 is 0 Å². The van der Waals surface area contributed by atoms with Gasteiger partial charge in [0.15, 0.2) is 0 Å². The van der Waals surface area contributed by atoms with E-state index in [9.17, 15) is 16.8 Å². The quantitative estimate of drug-likeness (QED) is 0.784. The van der Waals surface area contributed by atoms with Crippen LogP contribution in [0, 0.1) is 0 Å². The number of piperidine rings is 1. The zero-order chi connectivity index (χ0) is 17.8. The molecule has 0 spiro atoms. The molecule has 6 nitrogen and oxygen atoms in total. The Labute approximate surface area is 145 Å². The number of aryl methyl sites for hydroxylation is 1. The van der Waals surface area contributed by atoms with Gasteiger partial charge in [-0.25, -0.2) is 21.6 Å². The summed E-state index contributed by atoms with van der Waals surface area (Å²) in [7, 11) is -6.80. The Balaban J connectivity index is 2.11. The number of nitrogens with zero attached hydrogens (tertiary/aromatic N) is 1. The van der Waals surface area contributed by atoms with Crippen LogP contribution in [0.4, 0.5) is 0 Å². The van der Waals surface area contributed by atoms with Gasteiger partial charge in [0.2, 0.25) is 20.0 Å². The van der Waals surface area contributed by atoms with Gasteiger partial charge in [0.25, 0.3) is 0 Å². The largest absolute Gasteiger partial charge is 0.218 e. The Bertz CT molecular complexity index is 743. The van der Waals surface area contributed by atoms with Gasteiger partial charge in [0.1, 0.15) is 0 Å². The summed E-state index contributed by atoms with van der Waals surface area (Å²) in [5.74, 6) is -0.0492. The molecule has 0 aromatic heterocycles. The first kappa shape index (κ1) is 19.4. The number of hydrogen-bond donors (Lipinski definition) is 1. The van der Waals surface area contributed by atoms with Crippen molar-refractivity contribution in [1.29, 1.82) is 0 Å². The fourth-order valence-electron chi connectivity index (χ4n) is 2.96. The van der Waals surface area contributed by atoms with E-state index in [0.29, 0.717) is 13.0 Å². The van der Waals surface area contributed by atoms with E-state index < -0.39 is 20.0 Å². The van der Waals surface area contributed by atoms with Crippen LogP contribution in [0.2, 0.25) is 0 Å². The maximum atomic E-state index is 12.8. The normalized spacial score (nSPS) is 20.2. The molecule has 1 aliphatic rings. The molecule has 1 fully saturated rings. The van der Waals surface area contributed by atoms with Crippen molar-refractivity contribution < 1.29 is 16.8 Å². The second kappa shape index (κ2) is 7.95. The van der Waals surface area contributed by atoms with Gasteiger partial charge in [-0.15, -0.1) is 0 Å². The fourth-order valence-corrected chi connectivity index (χ4v) is 5.27. The summed E-state index contributed by atoms with van der Waals surface area (Å²) in [5.41, 5.74) is 1.93. The Morgan fingerprint density at radius 3 is 2.29 bits per heavy atom. The summed E-state index contributed by atoms with van der Waals surface area (Å²) in [6, 6.07) is 7.29. The molecule has 8 heteroatoms. The maximum Gasteiger partial charge on any atom is 0.218 e. The van der Waals surface area contributed by atoms with Gasteiger partial charge in [-0.1, -0.05) is 37.6 Å². The molecule has 0 bridgehead atoms. The molecule has 1 unspecified atom stereocenters. The smallest absolute Gasteiger partial charge is 0.214 e. The topological polar surface area (TPSA) is 83.6 Å². The molecule has 1 saturated heterocycles. The molecule has 1 heterocycles. The lowest BCUT2D eigenvalue weighted by Gasteiger charge is -2.34. The van der Waals surface area contributed by atoms with Crippen LogP contribution in [0.1, 0.15) is 37.3 Å². The molecule has 1 aliphatic heterocycles. The second-order valence-corrected chi connectivity index (χ2v) is 10.1. The zero-order valence-electron chi connectivity index (χ0n) is 14.2. The first-order valence-corrected chi connectivity index (χ1v) is 11.7. The highest BCUT2D eigenvalue weighted by atomic mass is 32.2. The van der Waals surface area contributed by atoms with Crippen molar-refractivity contribution in [3.8, 4) is 0 Å². The summed E-state index contributed by atoms with van der Waals surface area (Å²) in [5, 5.41) is 0. The molecular formula is C16H26N2O4S2. The summed E-state index contributed by atoms with van der Waals surface area (Å²) >= 11 is 0. The van der Waals surface area contributed by atoms with Gasteiger partial charge in [-0.2, -0.15) is 4.31 Å². The van der Waals surface area contributed by atoms with E-state index in [4.69, 9.17) is 0 Å². The van der Waals surface area contributed by atoms with Crippen LogP contribution in [-0.2, 0) is 32.2 Å². The number of benzene rings is 1.